The summed E-state index contributed by atoms with van der Waals surface area (Å²) in [7, 11) is -3.33. The Hall–Kier alpha value is -0.620. The average Bonchev–Trinajstić information content (AvgIpc) is 2.18. The minimum atomic E-state index is -3.33. The lowest BCUT2D eigenvalue weighted by atomic mass is 10.2. The molecule has 1 heterocycles. The van der Waals surface area contributed by atoms with Gasteiger partial charge in [0.1, 0.15) is 0 Å². The highest BCUT2D eigenvalue weighted by molar-refractivity contribution is 7.92. The van der Waals surface area contributed by atoms with Crippen LogP contribution in [0.5, 0.6) is 0 Å². The largest absolute Gasteiger partial charge is 0.481 e. The molecule has 0 aromatic heterocycles. The molecule has 0 bridgehead atoms. The molecule has 1 saturated heterocycles. The zero-order valence-corrected chi connectivity index (χ0v) is 9.50. The van der Waals surface area contributed by atoms with Crippen molar-refractivity contribution in [3.8, 4) is 0 Å². The van der Waals surface area contributed by atoms with Crippen molar-refractivity contribution in [3.63, 3.8) is 0 Å². The number of ether oxygens (including phenoxy) is 1. The normalized spacial score (nSPS) is 24.7. The van der Waals surface area contributed by atoms with Gasteiger partial charge in [-0.1, -0.05) is 6.92 Å². The second kappa shape index (κ2) is 4.94. The Morgan fingerprint density at radius 1 is 1.60 bits per heavy atom. The summed E-state index contributed by atoms with van der Waals surface area (Å²) in [5.74, 6) is -2.22. The van der Waals surface area contributed by atoms with Crippen molar-refractivity contribution in [2.75, 3.05) is 19.0 Å². The van der Waals surface area contributed by atoms with Crippen molar-refractivity contribution in [2.45, 2.75) is 25.0 Å². The average molecular weight is 236 g/mol. The molecule has 88 valence electrons. The summed E-state index contributed by atoms with van der Waals surface area (Å²) in [4.78, 5) is 10.6. The van der Waals surface area contributed by atoms with Gasteiger partial charge >= 0.3 is 5.97 Å². The van der Waals surface area contributed by atoms with Crippen LogP contribution >= 0.6 is 0 Å². The minimum Gasteiger partial charge on any atom is -0.481 e. The van der Waals surface area contributed by atoms with E-state index in [1.807, 2.05) is 0 Å². The molecule has 1 fully saturated rings. The fourth-order valence-electron chi connectivity index (χ4n) is 1.55. The predicted octanol–water partition coefficient (Wildman–Crippen LogP) is 0.301. The Bertz CT molecular complexity index is 315. The number of carboxylic acids is 1. The molecule has 1 N–H and O–H groups in total. The van der Waals surface area contributed by atoms with Crippen molar-refractivity contribution < 1.29 is 23.1 Å². The van der Waals surface area contributed by atoms with Crippen LogP contribution in [0.3, 0.4) is 0 Å². The molecule has 0 amide bonds. The van der Waals surface area contributed by atoms with Crippen LogP contribution in [0.4, 0.5) is 0 Å². The molecular formula is C9H16O5S. The van der Waals surface area contributed by atoms with Crippen LogP contribution in [-0.2, 0) is 19.4 Å². The SMILES string of the molecule is CC(CS(=O)(=O)C1CCCOC1)C(=O)O. The predicted molar refractivity (Wildman–Crippen MR) is 54.4 cm³/mol. The number of hydrogen-bond donors (Lipinski definition) is 1. The first-order valence-corrected chi connectivity index (χ1v) is 6.67. The lowest BCUT2D eigenvalue weighted by Gasteiger charge is -2.22. The van der Waals surface area contributed by atoms with Gasteiger partial charge in [0.15, 0.2) is 9.84 Å². The van der Waals surface area contributed by atoms with Gasteiger partial charge in [-0.15, -0.1) is 0 Å². The number of hydrogen-bond acceptors (Lipinski definition) is 4. The Kier molecular flexibility index (Phi) is 4.10. The summed E-state index contributed by atoms with van der Waals surface area (Å²) in [6.07, 6.45) is 1.31. The van der Waals surface area contributed by atoms with Crippen molar-refractivity contribution in [2.24, 2.45) is 5.92 Å². The van der Waals surface area contributed by atoms with Crippen molar-refractivity contribution in [1.29, 1.82) is 0 Å². The van der Waals surface area contributed by atoms with E-state index in [0.717, 1.165) is 6.42 Å². The Morgan fingerprint density at radius 2 is 2.27 bits per heavy atom. The number of rotatable bonds is 4. The third kappa shape index (κ3) is 3.46. The molecule has 6 heteroatoms. The van der Waals surface area contributed by atoms with Gasteiger partial charge in [0.25, 0.3) is 0 Å². The van der Waals surface area contributed by atoms with Gasteiger partial charge in [0, 0.05) is 6.61 Å². The van der Waals surface area contributed by atoms with Crippen LogP contribution in [0.25, 0.3) is 0 Å². The summed E-state index contributed by atoms with van der Waals surface area (Å²) in [5, 5.41) is 8.13. The molecule has 2 atom stereocenters. The van der Waals surface area contributed by atoms with E-state index < -0.39 is 27.0 Å². The smallest absolute Gasteiger partial charge is 0.307 e. The maximum absolute atomic E-state index is 11.8. The molecule has 0 radical (unpaired) electrons. The van der Waals surface area contributed by atoms with Crippen LogP contribution in [0, 0.1) is 5.92 Å². The number of aliphatic carboxylic acids is 1. The zero-order valence-electron chi connectivity index (χ0n) is 8.68. The molecule has 0 aromatic carbocycles. The van der Waals surface area contributed by atoms with Gasteiger partial charge in [0.2, 0.25) is 0 Å². The summed E-state index contributed by atoms with van der Waals surface area (Å²) in [6, 6.07) is 0. The fourth-order valence-corrected chi connectivity index (χ4v) is 3.49. The summed E-state index contributed by atoms with van der Waals surface area (Å²) in [6.45, 7) is 2.21. The van der Waals surface area contributed by atoms with Gasteiger partial charge in [-0.05, 0) is 12.8 Å². The monoisotopic (exact) mass is 236 g/mol. The number of carbonyl (C=O) groups is 1. The molecule has 5 nitrogen and oxygen atoms in total. The first-order valence-electron chi connectivity index (χ1n) is 4.95. The zero-order chi connectivity index (χ0) is 11.5. The maximum atomic E-state index is 11.8. The second-order valence-electron chi connectivity index (χ2n) is 3.91. The van der Waals surface area contributed by atoms with E-state index in [-0.39, 0.29) is 12.4 Å². The van der Waals surface area contributed by atoms with E-state index in [1.54, 1.807) is 0 Å². The standard InChI is InChI=1S/C9H16O5S/c1-7(9(10)11)6-15(12,13)8-3-2-4-14-5-8/h7-8H,2-6H2,1H3,(H,10,11). The molecule has 0 saturated carbocycles. The summed E-state index contributed by atoms with van der Waals surface area (Å²) >= 11 is 0. The maximum Gasteiger partial charge on any atom is 0.307 e. The Labute approximate surface area is 89.3 Å². The number of sulfone groups is 1. The van der Waals surface area contributed by atoms with Crippen LogP contribution in [0.1, 0.15) is 19.8 Å². The molecule has 2 unspecified atom stereocenters. The van der Waals surface area contributed by atoms with Crippen LogP contribution in [0.15, 0.2) is 0 Å². The van der Waals surface area contributed by atoms with Crippen molar-refractivity contribution in [1.82, 2.24) is 0 Å². The minimum absolute atomic E-state index is 0.203. The van der Waals surface area contributed by atoms with E-state index in [1.165, 1.54) is 6.92 Å². The third-order valence-electron chi connectivity index (χ3n) is 2.53. The van der Waals surface area contributed by atoms with Gasteiger partial charge in [-0.3, -0.25) is 4.79 Å². The number of carboxylic acid groups (broad SMARTS) is 1. The quantitative estimate of drug-likeness (QED) is 0.759. The topological polar surface area (TPSA) is 80.7 Å². The van der Waals surface area contributed by atoms with Gasteiger partial charge in [-0.2, -0.15) is 0 Å². The van der Waals surface area contributed by atoms with Crippen LogP contribution in [0.2, 0.25) is 0 Å². The first kappa shape index (κ1) is 12.4. The molecule has 0 aromatic rings. The Morgan fingerprint density at radius 3 is 2.73 bits per heavy atom. The van der Waals surface area contributed by atoms with Crippen LogP contribution in [-0.4, -0.2) is 43.7 Å². The van der Waals surface area contributed by atoms with Crippen molar-refractivity contribution in [3.05, 3.63) is 0 Å². The molecule has 0 aliphatic carbocycles. The van der Waals surface area contributed by atoms with E-state index in [4.69, 9.17) is 9.84 Å². The molecule has 15 heavy (non-hydrogen) atoms. The molecular weight excluding hydrogens is 220 g/mol. The highest BCUT2D eigenvalue weighted by atomic mass is 32.2. The van der Waals surface area contributed by atoms with E-state index in [2.05, 4.69) is 0 Å². The highest BCUT2D eigenvalue weighted by Gasteiger charge is 2.31. The van der Waals surface area contributed by atoms with E-state index >= 15 is 0 Å². The lowest BCUT2D eigenvalue weighted by Crippen LogP contribution is -2.35. The lowest BCUT2D eigenvalue weighted by molar-refractivity contribution is -0.140. The summed E-state index contributed by atoms with van der Waals surface area (Å²) in [5.41, 5.74) is 0. The van der Waals surface area contributed by atoms with Crippen LogP contribution < -0.4 is 0 Å². The first-order chi connectivity index (χ1) is 6.93. The molecule has 0 spiro atoms. The summed E-state index contributed by atoms with van der Waals surface area (Å²) < 4.78 is 28.6. The fraction of sp³-hybridized carbons (Fsp3) is 0.889. The van der Waals surface area contributed by atoms with Gasteiger partial charge in [0.05, 0.1) is 23.5 Å². The molecule has 1 rings (SSSR count). The van der Waals surface area contributed by atoms with Gasteiger partial charge in [-0.25, -0.2) is 8.42 Å². The van der Waals surface area contributed by atoms with E-state index in [9.17, 15) is 13.2 Å². The van der Waals surface area contributed by atoms with Gasteiger partial charge < -0.3 is 9.84 Å². The molecule has 1 aliphatic rings. The third-order valence-corrected chi connectivity index (χ3v) is 4.88. The molecule has 1 aliphatic heterocycles. The van der Waals surface area contributed by atoms with Crippen molar-refractivity contribution >= 4 is 15.8 Å². The van der Waals surface area contributed by atoms with E-state index in [0.29, 0.717) is 13.0 Å². The second-order valence-corrected chi connectivity index (χ2v) is 6.23. The highest BCUT2D eigenvalue weighted by Crippen LogP contribution is 2.17. The Balaban J connectivity index is 2.61.